The van der Waals surface area contributed by atoms with Gasteiger partial charge in [-0.2, -0.15) is 0 Å². The Bertz CT molecular complexity index is 593. The third-order valence-corrected chi connectivity index (χ3v) is 3.02. The van der Waals surface area contributed by atoms with E-state index in [1.54, 1.807) is 18.3 Å². The number of hydrogen-bond acceptors (Lipinski definition) is 3. The van der Waals surface area contributed by atoms with Crippen molar-refractivity contribution in [1.29, 1.82) is 0 Å². The second-order valence-electron chi connectivity index (χ2n) is 4.01. The molecule has 114 valence electrons. The van der Waals surface area contributed by atoms with Crippen LogP contribution in [0.4, 0.5) is 13.2 Å². The molecule has 0 aliphatic carbocycles. The van der Waals surface area contributed by atoms with Crippen LogP contribution in [0.25, 0.3) is 0 Å². The molecule has 0 bridgehead atoms. The van der Waals surface area contributed by atoms with E-state index in [0.29, 0.717) is 10.2 Å². The summed E-state index contributed by atoms with van der Waals surface area (Å²) in [6.45, 7) is 0. The van der Waals surface area contributed by atoms with Gasteiger partial charge in [0, 0.05) is 6.20 Å². The van der Waals surface area contributed by atoms with Crippen molar-refractivity contribution in [1.82, 2.24) is 4.98 Å². The summed E-state index contributed by atoms with van der Waals surface area (Å²) in [6, 6.07) is 8.52. The van der Waals surface area contributed by atoms with E-state index in [0.717, 1.165) is 5.56 Å². The first-order valence-corrected chi connectivity index (χ1v) is 6.37. The largest absolute Gasteiger partial charge is 0.573 e. The smallest absolute Gasteiger partial charge is 0.406 e. The zero-order valence-electron chi connectivity index (χ0n) is 10.5. The van der Waals surface area contributed by atoms with Crippen LogP contribution in [0, 0.1) is 0 Å². The lowest BCUT2D eigenvalue weighted by Gasteiger charge is -2.14. The van der Waals surface area contributed by atoms with Gasteiger partial charge in [0.1, 0.15) is 10.4 Å². The molecule has 1 aromatic heterocycles. The summed E-state index contributed by atoms with van der Waals surface area (Å²) in [4.78, 5) is 3.99. The number of halogens is 5. The molecule has 0 radical (unpaired) electrons. The van der Waals surface area contributed by atoms with E-state index in [-0.39, 0.29) is 18.2 Å². The second-order valence-corrected chi connectivity index (χ2v) is 4.82. The average molecular weight is 384 g/mol. The highest BCUT2D eigenvalue weighted by atomic mass is 79.9. The molecule has 2 aromatic rings. The lowest BCUT2D eigenvalue weighted by molar-refractivity contribution is -0.274. The Balaban J connectivity index is 0.00000220. The van der Waals surface area contributed by atoms with Crippen LogP contribution in [0.5, 0.6) is 5.75 Å². The van der Waals surface area contributed by atoms with Gasteiger partial charge in [0.15, 0.2) is 0 Å². The summed E-state index contributed by atoms with van der Waals surface area (Å²) in [6.07, 6.45) is -3.10. The first kappa shape index (κ1) is 17.7. The maximum atomic E-state index is 12.1. The molecule has 3 nitrogen and oxygen atoms in total. The molecule has 0 saturated heterocycles. The third kappa shape index (κ3) is 5.18. The van der Waals surface area contributed by atoms with Gasteiger partial charge in [-0.15, -0.1) is 25.6 Å². The fourth-order valence-electron chi connectivity index (χ4n) is 1.68. The number of hydrogen-bond donors (Lipinski definition) is 1. The number of nitrogens with zero attached hydrogens (tertiary/aromatic N) is 1. The van der Waals surface area contributed by atoms with Gasteiger partial charge in [0.25, 0.3) is 0 Å². The van der Waals surface area contributed by atoms with Crippen molar-refractivity contribution in [2.75, 3.05) is 0 Å². The molecule has 0 aliphatic heterocycles. The van der Waals surface area contributed by atoms with Crippen LogP contribution in [0.3, 0.4) is 0 Å². The fourth-order valence-corrected chi connectivity index (χ4v) is 2.06. The minimum atomic E-state index is -4.69. The lowest BCUT2D eigenvalue weighted by Crippen LogP contribution is -2.17. The van der Waals surface area contributed by atoms with Gasteiger partial charge >= 0.3 is 6.36 Å². The SMILES string of the molecule is Cl.N[C@@H](c1ccc(OC(F)(F)F)cc1)c1ccnc(Br)c1. The Hall–Kier alpha value is -1.31. The molecule has 0 spiro atoms. The predicted molar refractivity (Wildman–Crippen MR) is 78.3 cm³/mol. The summed E-state index contributed by atoms with van der Waals surface area (Å²) in [7, 11) is 0. The molecular formula is C13H11BrClF3N2O. The van der Waals surface area contributed by atoms with Gasteiger partial charge in [-0.3, -0.25) is 0 Å². The highest BCUT2D eigenvalue weighted by molar-refractivity contribution is 9.10. The summed E-state index contributed by atoms with van der Waals surface area (Å²) < 4.78 is 40.6. The number of rotatable bonds is 3. The van der Waals surface area contributed by atoms with Crippen LogP contribution in [-0.2, 0) is 0 Å². The first-order chi connectivity index (χ1) is 9.35. The van der Waals surface area contributed by atoms with Crippen LogP contribution < -0.4 is 10.5 Å². The van der Waals surface area contributed by atoms with Crippen LogP contribution in [0.2, 0.25) is 0 Å². The van der Waals surface area contributed by atoms with E-state index in [2.05, 4.69) is 25.7 Å². The molecule has 0 saturated carbocycles. The standard InChI is InChI=1S/C13H10BrF3N2O.ClH/c14-11-7-9(5-6-19-11)12(18)8-1-3-10(4-2-8)20-13(15,16)17;/h1-7,12H,18H2;1H/t12-;/m0./s1. The van der Waals surface area contributed by atoms with Gasteiger partial charge < -0.3 is 10.5 Å². The number of alkyl halides is 3. The number of aromatic nitrogens is 1. The van der Waals surface area contributed by atoms with Gasteiger partial charge in [-0.25, -0.2) is 4.98 Å². The Labute approximate surface area is 133 Å². The quantitative estimate of drug-likeness (QED) is 0.808. The van der Waals surface area contributed by atoms with Crippen molar-refractivity contribution in [3.63, 3.8) is 0 Å². The van der Waals surface area contributed by atoms with Gasteiger partial charge in [0.05, 0.1) is 6.04 Å². The van der Waals surface area contributed by atoms with Crippen molar-refractivity contribution in [2.45, 2.75) is 12.4 Å². The number of pyridine rings is 1. The van der Waals surface area contributed by atoms with Crippen LogP contribution in [0.1, 0.15) is 17.2 Å². The van der Waals surface area contributed by atoms with Crippen molar-refractivity contribution in [3.05, 3.63) is 58.3 Å². The molecule has 0 aliphatic rings. The molecule has 21 heavy (non-hydrogen) atoms. The van der Waals surface area contributed by atoms with Gasteiger partial charge in [-0.05, 0) is 51.3 Å². The predicted octanol–water partition coefficient (Wildman–Crippen LogP) is 4.21. The molecular weight excluding hydrogens is 373 g/mol. The number of ether oxygens (including phenoxy) is 1. The molecule has 2 N–H and O–H groups in total. The maximum absolute atomic E-state index is 12.1. The summed E-state index contributed by atoms with van der Waals surface area (Å²) >= 11 is 3.24. The first-order valence-electron chi connectivity index (χ1n) is 5.58. The van der Waals surface area contributed by atoms with E-state index >= 15 is 0 Å². The van der Waals surface area contributed by atoms with E-state index in [4.69, 9.17) is 5.73 Å². The molecule has 0 fully saturated rings. The minimum absolute atomic E-state index is 0. The van der Waals surface area contributed by atoms with Crippen molar-refractivity contribution in [3.8, 4) is 5.75 Å². The van der Waals surface area contributed by atoms with Crippen LogP contribution in [-0.4, -0.2) is 11.3 Å². The molecule has 1 aromatic carbocycles. The van der Waals surface area contributed by atoms with Gasteiger partial charge in [0.2, 0.25) is 0 Å². The van der Waals surface area contributed by atoms with Crippen molar-refractivity contribution < 1.29 is 17.9 Å². The van der Waals surface area contributed by atoms with Gasteiger partial charge in [-0.1, -0.05) is 12.1 Å². The Kier molecular flexibility index (Phi) is 6.00. The van der Waals surface area contributed by atoms with Crippen molar-refractivity contribution >= 4 is 28.3 Å². The monoisotopic (exact) mass is 382 g/mol. The highest BCUT2D eigenvalue weighted by Gasteiger charge is 2.31. The molecule has 8 heteroatoms. The number of nitrogens with two attached hydrogens (primary N) is 1. The van der Waals surface area contributed by atoms with Crippen molar-refractivity contribution in [2.24, 2.45) is 5.73 Å². The molecule has 0 amide bonds. The molecule has 0 unspecified atom stereocenters. The zero-order chi connectivity index (χ0) is 14.8. The summed E-state index contributed by atoms with van der Waals surface area (Å²) in [5.74, 6) is -0.274. The van der Waals surface area contributed by atoms with Crippen LogP contribution >= 0.6 is 28.3 Å². The van der Waals surface area contributed by atoms with E-state index in [9.17, 15) is 13.2 Å². The Morgan fingerprint density at radius 2 is 1.71 bits per heavy atom. The molecule has 2 rings (SSSR count). The molecule has 1 atom stereocenters. The van der Waals surface area contributed by atoms with E-state index < -0.39 is 12.4 Å². The summed E-state index contributed by atoms with van der Waals surface area (Å²) in [5, 5.41) is 0. The third-order valence-electron chi connectivity index (χ3n) is 2.58. The van der Waals surface area contributed by atoms with E-state index in [1.165, 1.54) is 24.3 Å². The fraction of sp³-hybridized carbons (Fsp3) is 0.154. The number of benzene rings is 1. The zero-order valence-corrected chi connectivity index (χ0v) is 12.9. The highest BCUT2D eigenvalue weighted by Crippen LogP contribution is 2.26. The maximum Gasteiger partial charge on any atom is 0.573 e. The molecule has 1 heterocycles. The summed E-state index contributed by atoms with van der Waals surface area (Å²) in [5.41, 5.74) is 7.53. The average Bonchev–Trinajstić information content (AvgIpc) is 2.37. The lowest BCUT2D eigenvalue weighted by atomic mass is 10.0. The normalized spacial score (nSPS) is 12.4. The Morgan fingerprint density at radius 1 is 1.10 bits per heavy atom. The Morgan fingerprint density at radius 3 is 2.24 bits per heavy atom. The second kappa shape index (κ2) is 7.11. The van der Waals surface area contributed by atoms with Crippen LogP contribution in [0.15, 0.2) is 47.2 Å². The minimum Gasteiger partial charge on any atom is -0.406 e. The topological polar surface area (TPSA) is 48.1 Å². The van der Waals surface area contributed by atoms with E-state index in [1.807, 2.05) is 0 Å².